The molecule has 28 heavy (non-hydrogen) atoms. The zero-order valence-electron chi connectivity index (χ0n) is 17.5. The van der Waals surface area contributed by atoms with Crippen molar-refractivity contribution >= 4 is 11.8 Å². The van der Waals surface area contributed by atoms with Gasteiger partial charge in [-0.15, -0.1) is 0 Å². The van der Waals surface area contributed by atoms with Gasteiger partial charge in [0.1, 0.15) is 0 Å². The van der Waals surface area contributed by atoms with Gasteiger partial charge in [0.15, 0.2) is 0 Å². The van der Waals surface area contributed by atoms with E-state index in [4.69, 9.17) is 0 Å². The van der Waals surface area contributed by atoms with Gasteiger partial charge in [0.2, 0.25) is 0 Å². The molecule has 0 saturated heterocycles. The maximum Gasteiger partial charge on any atom is 0.416 e. The second-order valence-electron chi connectivity index (χ2n) is 7.53. The van der Waals surface area contributed by atoms with Crippen molar-refractivity contribution < 1.29 is 22.8 Å². The number of allylic oxidation sites excluding steroid dienone is 5. The number of hydrogen-bond donors (Lipinski definition) is 0. The van der Waals surface area contributed by atoms with Crippen LogP contribution in [-0.2, 0) is 9.59 Å². The molecule has 0 fully saturated rings. The minimum absolute atomic E-state index is 0.0362. The summed E-state index contributed by atoms with van der Waals surface area (Å²) in [4.78, 5) is 25.8. The van der Waals surface area contributed by atoms with Gasteiger partial charge in [-0.05, 0) is 64.5 Å². The molecule has 6 heteroatoms. The SMILES string of the molecule is C=C(C)/C(=C\C=C(\CCC(C)N1C(=O)C(C)=C(C)C1=O)C(C)CC)C(F)(F)F. The fourth-order valence-electron chi connectivity index (χ4n) is 3.10. The number of carbonyl (C=O) groups excluding carboxylic acids is 2. The van der Waals surface area contributed by atoms with Gasteiger partial charge in [0, 0.05) is 17.2 Å². The van der Waals surface area contributed by atoms with Crippen molar-refractivity contribution in [1.82, 2.24) is 4.90 Å². The molecule has 0 N–H and O–H groups in total. The van der Waals surface area contributed by atoms with E-state index in [-0.39, 0.29) is 29.3 Å². The molecule has 0 aromatic carbocycles. The molecule has 3 nitrogen and oxygen atoms in total. The Balaban J connectivity index is 3.01. The Bertz CT molecular complexity index is 717. The van der Waals surface area contributed by atoms with Crippen LogP contribution >= 0.6 is 0 Å². The molecule has 1 aliphatic rings. The van der Waals surface area contributed by atoms with Crippen LogP contribution < -0.4 is 0 Å². The molecule has 0 bridgehead atoms. The second-order valence-corrected chi connectivity index (χ2v) is 7.53. The Morgan fingerprint density at radius 3 is 2.00 bits per heavy atom. The lowest BCUT2D eigenvalue weighted by atomic mass is 9.91. The number of hydrogen-bond acceptors (Lipinski definition) is 2. The Morgan fingerprint density at radius 1 is 1.11 bits per heavy atom. The second kappa shape index (κ2) is 9.39. The molecule has 1 rings (SSSR count). The fraction of sp³-hybridized carbons (Fsp3) is 0.545. The normalized spacial score (nSPS) is 18.8. The summed E-state index contributed by atoms with van der Waals surface area (Å²) in [5.41, 5.74) is 0.980. The van der Waals surface area contributed by atoms with Crippen molar-refractivity contribution in [2.75, 3.05) is 0 Å². The lowest BCUT2D eigenvalue weighted by Gasteiger charge is -2.24. The van der Waals surface area contributed by atoms with E-state index in [9.17, 15) is 22.8 Å². The molecule has 2 amide bonds. The lowest BCUT2D eigenvalue weighted by molar-refractivity contribution is -0.140. The summed E-state index contributed by atoms with van der Waals surface area (Å²) >= 11 is 0. The highest BCUT2D eigenvalue weighted by molar-refractivity contribution is 6.18. The number of halogens is 3. The summed E-state index contributed by atoms with van der Waals surface area (Å²) in [5, 5.41) is 0. The first-order chi connectivity index (χ1) is 12.8. The Hall–Kier alpha value is -2.11. The van der Waals surface area contributed by atoms with Crippen LogP contribution in [0.1, 0.15) is 60.8 Å². The monoisotopic (exact) mass is 397 g/mol. The molecule has 1 aliphatic heterocycles. The standard InChI is InChI=1S/C22H30F3NO2/c1-8-14(4)18(11-12-19(13(2)3)22(23,24)25)10-9-15(5)26-20(27)16(6)17(7)21(26)28/h11-12,14-15H,2,8-10H2,1,3-7H3/b18-11-,19-12+. The first-order valence-corrected chi connectivity index (χ1v) is 9.52. The van der Waals surface area contributed by atoms with Crippen LogP contribution in [0, 0.1) is 5.92 Å². The summed E-state index contributed by atoms with van der Waals surface area (Å²) in [7, 11) is 0. The van der Waals surface area contributed by atoms with Crippen LogP contribution in [0.15, 0.2) is 46.6 Å². The third-order valence-corrected chi connectivity index (χ3v) is 5.41. The maximum absolute atomic E-state index is 13.1. The molecule has 0 saturated carbocycles. The summed E-state index contributed by atoms with van der Waals surface area (Å²) in [5.74, 6) is -0.481. The van der Waals surface area contributed by atoms with Crippen LogP contribution in [-0.4, -0.2) is 28.9 Å². The predicted octanol–water partition coefficient (Wildman–Crippen LogP) is 5.90. The van der Waals surface area contributed by atoms with Crippen molar-refractivity contribution in [1.29, 1.82) is 0 Å². The van der Waals surface area contributed by atoms with Gasteiger partial charge in [-0.1, -0.05) is 32.1 Å². The van der Waals surface area contributed by atoms with Gasteiger partial charge in [0.25, 0.3) is 11.8 Å². The number of amides is 2. The van der Waals surface area contributed by atoms with Crippen LogP contribution in [0.3, 0.4) is 0 Å². The fourth-order valence-corrected chi connectivity index (χ4v) is 3.10. The van der Waals surface area contributed by atoms with Gasteiger partial charge in [-0.3, -0.25) is 14.5 Å². The summed E-state index contributed by atoms with van der Waals surface area (Å²) in [6.07, 6.45) is -0.0774. The van der Waals surface area contributed by atoms with E-state index in [0.29, 0.717) is 24.0 Å². The molecule has 0 aromatic rings. The van der Waals surface area contributed by atoms with Gasteiger partial charge in [0.05, 0.1) is 5.57 Å². The minimum Gasteiger partial charge on any atom is -0.272 e. The minimum atomic E-state index is -4.45. The topological polar surface area (TPSA) is 37.4 Å². The molecule has 2 unspecified atom stereocenters. The average molecular weight is 397 g/mol. The van der Waals surface area contributed by atoms with Crippen molar-refractivity contribution in [3.8, 4) is 0 Å². The highest BCUT2D eigenvalue weighted by Crippen LogP contribution is 2.32. The Morgan fingerprint density at radius 2 is 1.61 bits per heavy atom. The summed E-state index contributed by atoms with van der Waals surface area (Å²) < 4.78 is 39.4. The highest BCUT2D eigenvalue weighted by Gasteiger charge is 2.36. The Kier molecular flexibility index (Phi) is 8.03. The van der Waals surface area contributed by atoms with E-state index in [1.807, 2.05) is 13.8 Å². The molecule has 2 atom stereocenters. The number of rotatable bonds is 8. The van der Waals surface area contributed by atoms with Crippen molar-refractivity contribution in [2.24, 2.45) is 5.92 Å². The third-order valence-electron chi connectivity index (χ3n) is 5.41. The van der Waals surface area contributed by atoms with Crippen LogP contribution in [0.2, 0.25) is 0 Å². The highest BCUT2D eigenvalue weighted by atomic mass is 19.4. The van der Waals surface area contributed by atoms with Crippen molar-refractivity contribution in [3.63, 3.8) is 0 Å². The quantitative estimate of drug-likeness (QED) is 0.378. The number of imide groups is 1. The van der Waals surface area contributed by atoms with Crippen LogP contribution in [0.4, 0.5) is 13.2 Å². The van der Waals surface area contributed by atoms with Gasteiger partial charge in [-0.25, -0.2) is 0 Å². The molecule has 0 spiro atoms. The maximum atomic E-state index is 13.1. The molecule has 0 aromatic heterocycles. The predicted molar refractivity (Wildman–Crippen MR) is 105 cm³/mol. The van der Waals surface area contributed by atoms with Crippen molar-refractivity contribution in [2.45, 2.75) is 73.0 Å². The van der Waals surface area contributed by atoms with E-state index in [1.54, 1.807) is 20.8 Å². The van der Waals surface area contributed by atoms with Gasteiger partial charge >= 0.3 is 6.18 Å². The van der Waals surface area contributed by atoms with E-state index in [1.165, 1.54) is 17.9 Å². The lowest BCUT2D eigenvalue weighted by Crippen LogP contribution is -2.39. The molecular formula is C22H30F3NO2. The first kappa shape index (κ1) is 23.9. The van der Waals surface area contributed by atoms with Gasteiger partial charge in [-0.2, -0.15) is 13.2 Å². The molecule has 156 valence electrons. The molecular weight excluding hydrogens is 367 g/mol. The number of alkyl halides is 3. The summed E-state index contributed by atoms with van der Waals surface area (Å²) in [6, 6.07) is -0.327. The molecule has 0 radical (unpaired) electrons. The number of carbonyl (C=O) groups is 2. The van der Waals surface area contributed by atoms with Gasteiger partial charge < -0.3 is 0 Å². The van der Waals surface area contributed by atoms with E-state index >= 15 is 0 Å². The zero-order chi connectivity index (χ0) is 21.8. The zero-order valence-corrected chi connectivity index (χ0v) is 17.5. The third kappa shape index (κ3) is 5.46. The largest absolute Gasteiger partial charge is 0.416 e. The average Bonchev–Trinajstić information content (AvgIpc) is 2.78. The molecule has 0 aliphatic carbocycles. The first-order valence-electron chi connectivity index (χ1n) is 9.52. The van der Waals surface area contributed by atoms with E-state index < -0.39 is 11.7 Å². The van der Waals surface area contributed by atoms with E-state index in [0.717, 1.165) is 18.1 Å². The van der Waals surface area contributed by atoms with E-state index in [2.05, 4.69) is 6.58 Å². The van der Waals surface area contributed by atoms with Crippen LogP contribution in [0.25, 0.3) is 0 Å². The smallest absolute Gasteiger partial charge is 0.272 e. The Labute approximate surface area is 165 Å². The van der Waals surface area contributed by atoms with Crippen LogP contribution in [0.5, 0.6) is 0 Å². The van der Waals surface area contributed by atoms with Crippen molar-refractivity contribution in [3.05, 3.63) is 46.6 Å². The molecule has 1 heterocycles. The summed E-state index contributed by atoms with van der Waals surface area (Å²) in [6.45, 7) is 13.7. The number of nitrogens with zero attached hydrogens (tertiary/aromatic N) is 1.